The molecule has 1 atom stereocenters. The highest BCUT2D eigenvalue weighted by Crippen LogP contribution is 2.42. The first-order valence-corrected chi connectivity index (χ1v) is 13.8. The summed E-state index contributed by atoms with van der Waals surface area (Å²) in [6.07, 6.45) is 3.10. The molecule has 0 fully saturated rings. The Morgan fingerprint density at radius 3 is 2.54 bits per heavy atom. The third kappa shape index (κ3) is 5.21. The Bertz CT molecular complexity index is 1590. The zero-order valence-corrected chi connectivity index (χ0v) is 23.3. The molecule has 7 nitrogen and oxygen atoms in total. The number of halogens is 1. The van der Waals surface area contributed by atoms with Crippen LogP contribution in [0, 0.1) is 0 Å². The normalized spacial score (nSPS) is 14.5. The Labute approximate surface area is 234 Å². The van der Waals surface area contributed by atoms with Crippen molar-refractivity contribution in [2.75, 3.05) is 18.1 Å². The van der Waals surface area contributed by atoms with Gasteiger partial charge in [0.05, 0.1) is 35.8 Å². The van der Waals surface area contributed by atoms with E-state index in [0.717, 1.165) is 23.7 Å². The van der Waals surface area contributed by atoms with Crippen LogP contribution < -0.4 is 15.1 Å². The number of amides is 1. The highest BCUT2D eigenvalue weighted by atomic mass is 79.9. The number of nitrogens with zero attached hydrogens (tertiary/aromatic N) is 1. The van der Waals surface area contributed by atoms with Gasteiger partial charge in [-0.2, -0.15) is 0 Å². The summed E-state index contributed by atoms with van der Waals surface area (Å²) in [4.78, 5) is 41.5. The quantitative estimate of drug-likeness (QED) is 0.153. The average molecular weight is 590 g/mol. The van der Waals surface area contributed by atoms with Crippen LogP contribution in [0.5, 0.6) is 5.75 Å². The molecule has 1 aliphatic rings. The minimum absolute atomic E-state index is 0.00330. The van der Waals surface area contributed by atoms with Crippen molar-refractivity contribution >= 4 is 44.5 Å². The lowest BCUT2D eigenvalue weighted by atomic mass is 9.98. The number of rotatable bonds is 9. The summed E-state index contributed by atoms with van der Waals surface area (Å²) in [5.74, 6) is -0.216. The molecular weight excluding hydrogens is 562 g/mol. The molecule has 0 radical (unpaired) electrons. The molecule has 0 spiro atoms. The second-order valence-electron chi connectivity index (χ2n) is 9.29. The van der Waals surface area contributed by atoms with E-state index in [0.29, 0.717) is 40.1 Å². The van der Waals surface area contributed by atoms with E-state index in [1.165, 1.54) is 4.90 Å². The Morgan fingerprint density at radius 1 is 1.00 bits per heavy atom. The molecule has 1 amide bonds. The minimum Gasteiger partial charge on any atom is -0.494 e. The predicted octanol–water partition coefficient (Wildman–Crippen LogP) is 7.05. The van der Waals surface area contributed by atoms with Crippen molar-refractivity contribution in [3.05, 3.63) is 104 Å². The number of carbonyl (C=O) groups excluding carboxylic acids is 2. The third-order valence-electron chi connectivity index (χ3n) is 6.68. The van der Waals surface area contributed by atoms with Crippen LogP contribution in [-0.4, -0.2) is 25.1 Å². The van der Waals surface area contributed by atoms with Crippen molar-refractivity contribution in [1.82, 2.24) is 0 Å². The molecule has 0 saturated heterocycles. The number of benzene rings is 3. The maximum Gasteiger partial charge on any atom is 0.338 e. The summed E-state index contributed by atoms with van der Waals surface area (Å²) >= 11 is 3.43. The average Bonchev–Trinajstić information content (AvgIpc) is 3.24. The van der Waals surface area contributed by atoms with Gasteiger partial charge in [-0.05, 0) is 73.5 Å². The van der Waals surface area contributed by atoms with Gasteiger partial charge in [0.2, 0.25) is 5.76 Å². The first-order valence-electron chi connectivity index (χ1n) is 13.0. The number of hydrogen-bond acceptors (Lipinski definition) is 6. The molecule has 39 heavy (non-hydrogen) atoms. The van der Waals surface area contributed by atoms with Gasteiger partial charge in [-0.1, -0.05) is 47.8 Å². The van der Waals surface area contributed by atoms with Crippen molar-refractivity contribution in [1.29, 1.82) is 0 Å². The standard InChI is InChI=1S/C31H28BrNO6/c1-3-5-6-16-38-23-9-7-8-20(17-23)27-26-28(34)24-18-21(32)12-15-25(24)39-29(26)30(35)33(27)22-13-10-19(11-14-22)31(36)37-4-2/h7-15,17-18,27H,3-6,16H2,1-2H3. The van der Waals surface area contributed by atoms with Crippen molar-refractivity contribution in [2.45, 2.75) is 39.2 Å². The van der Waals surface area contributed by atoms with Gasteiger partial charge >= 0.3 is 5.97 Å². The van der Waals surface area contributed by atoms with E-state index in [1.54, 1.807) is 49.4 Å². The van der Waals surface area contributed by atoms with Crippen LogP contribution in [0.4, 0.5) is 5.69 Å². The van der Waals surface area contributed by atoms with Crippen LogP contribution in [0.3, 0.4) is 0 Å². The number of ether oxygens (including phenoxy) is 2. The smallest absolute Gasteiger partial charge is 0.338 e. The van der Waals surface area contributed by atoms with E-state index in [1.807, 2.05) is 24.3 Å². The summed E-state index contributed by atoms with van der Waals surface area (Å²) in [5.41, 5.74) is 1.93. The van der Waals surface area contributed by atoms with E-state index in [4.69, 9.17) is 13.9 Å². The first-order chi connectivity index (χ1) is 18.9. The Hall–Kier alpha value is -3.91. The van der Waals surface area contributed by atoms with E-state index in [-0.39, 0.29) is 23.4 Å². The minimum atomic E-state index is -0.750. The molecule has 1 aromatic heterocycles. The zero-order valence-electron chi connectivity index (χ0n) is 21.7. The Morgan fingerprint density at radius 2 is 1.79 bits per heavy atom. The monoisotopic (exact) mass is 589 g/mol. The van der Waals surface area contributed by atoms with Gasteiger partial charge in [0.1, 0.15) is 11.3 Å². The summed E-state index contributed by atoms with van der Waals surface area (Å²) in [7, 11) is 0. The zero-order chi connectivity index (χ0) is 27.5. The van der Waals surface area contributed by atoms with Gasteiger partial charge in [-0.3, -0.25) is 14.5 Å². The highest BCUT2D eigenvalue weighted by Gasteiger charge is 2.43. The van der Waals surface area contributed by atoms with Crippen molar-refractivity contribution in [3.8, 4) is 5.75 Å². The molecular formula is C31H28BrNO6. The first kappa shape index (κ1) is 26.7. The third-order valence-corrected chi connectivity index (χ3v) is 7.17. The fourth-order valence-electron chi connectivity index (χ4n) is 4.82. The van der Waals surface area contributed by atoms with E-state index in [9.17, 15) is 14.4 Å². The molecule has 200 valence electrons. The number of anilines is 1. The predicted molar refractivity (Wildman–Crippen MR) is 153 cm³/mol. The number of unbranched alkanes of at least 4 members (excludes halogenated alkanes) is 2. The maximum absolute atomic E-state index is 13.9. The summed E-state index contributed by atoms with van der Waals surface area (Å²) in [6, 6.07) is 18.4. The van der Waals surface area contributed by atoms with Crippen LogP contribution in [0.2, 0.25) is 0 Å². The molecule has 0 aliphatic carbocycles. The summed E-state index contributed by atoms with van der Waals surface area (Å²) in [6.45, 7) is 4.72. The van der Waals surface area contributed by atoms with Gasteiger partial charge in [-0.15, -0.1) is 0 Å². The molecule has 0 bridgehead atoms. The van der Waals surface area contributed by atoms with Crippen LogP contribution >= 0.6 is 15.9 Å². The summed E-state index contributed by atoms with van der Waals surface area (Å²) < 4.78 is 17.9. The molecule has 3 aromatic carbocycles. The molecule has 1 unspecified atom stereocenters. The van der Waals surface area contributed by atoms with Gasteiger partial charge in [0.15, 0.2) is 5.43 Å². The van der Waals surface area contributed by atoms with Crippen molar-refractivity contribution in [3.63, 3.8) is 0 Å². The number of fused-ring (bicyclic) bond motifs is 2. The van der Waals surface area contributed by atoms with E-state index < -0.39 is 17.9 Å². The number of carbonyl (C=O) groups is 2. The van der Waals surface area contributed by atoms with Gasteiger partial charge in [0, 0.05) is 10.2 Å². The fraction of sp³-hybridized carbons (Fsp3) is 0.258. The van der Waals surface area contributed by atoms with Crippen molar-refractivity contribution in [2.24, 2.45) is 0 Å². The second kappa shape index (κ2) is 11.5. The SMILES string of the molecule is CCCCCOc1cccc(C2c3c(oc4ccc(Br)cc4c3=O)C(=O)N2c2ccc(C(=O)OCC)cc2)c1. The maximum atomic E-state index is 13.9. The van der Waals surface area contributed by atoms with Gasteiger partial charge in [0.25, 0.3) is 5.91 Å². The molecule has 1 aliphatic heterocycles. The van der Waals surface area contributed by atoms with Crippen LogP contribution in [0.25, 0.3) is 11.0 Å². The lowest BCUT2D eigenvalue weighted by Crippen LogP contribution is -2.29. The van der Waals surface area contributed by atoms with Crippen molar-refractivity contribution < 1.29 is 23.5 Å². The lowest BCUT2D eigenvalue weighted by molar-refractivity contribution is 0.0526. The molecule has 5 rings (SSSR count). The van der Waals surface area contributed by atoms with Crippen LogP contribution in [0.1, 0.15) is 71.2 Å². The molecule has 2 heterocycles. The van der Waals surface area contributed by atoms with Gasteiger partial charge in [-0.25, -0.2) is 4.79 Å². The Balaban J connectivity index is 1.63. The molecule has 8 heteroatoms. The number of hydrogen-bond donors (Lipinski definition) is 0. The Kier molecular flexibility index (Phi) is 7.84. The molecule has 0 saturated carbocycles. The molecule has 0 N–H and O–H groups in total. The number of esters is 1. The van der Waals surface area contributed by atoms with Crippen LogP contribution in [-0.2, 0) is 4.74 Å². The lowest BCUT2D eigenvalue weighted by Gasteiger charge is -2.25. The second-order valence-corrected chi connectivity index (χ2v) is 10.2. The highest BCUT2D eigenvalue weighted by molar-refractivity contribution is 9.10. The van der Waals surface area contributed by atoms with E-state index in [2.05, 4.69) is 22.9 Å². The molecule has 4 aromatic rings. The largest absolute Gasteiger partial charge is 0.494 e. The summed E-state index contributed by atoms with van der Waals surface area (Å²) in [5, 5.41) is 0.382. The van der Waals surface area contributed by atoms with Gasteiger partial charge < -0.3 is 13.9 Å². The van der Waals surface area contributed by atoms with E-state index >= 15 is 0 Å². The topological polar surface area (TPSA) is 86.0 Å². The van der Waals surface area contributed by atoms with Crippen LogP contribution in [0.15, 0.2) is 80.4 Å². The fourth-order valence-corrected chi connectivity index (χ4v) is 5.18.